The minimum absolute atomic E-state index is 0.103. The standard InChI is InChI=1S/C18H17N5O3/c24-15-9-26-8-13(15)7-23-14-4-12(6-21-17(14)22-18(23)25)11-3-10-1-2-19-16(10)20-5-11/h1-6,13,15,24H,7-9H2,(H,19,20)(H,21,22,25)/t13-,15+/m1/s1. The fourth-order valence-corrected chi connectivity index (χ4v) is 3.47. The molecule has 0 saturated carbocycles. The van der Waals surface area contributed by atoms with E-state index in [2.05, 4.69) is 19.9 Å². The van der Waals surface area contributed by atoms with Gasteiger partial charge in [-0.15, -0.1) is 0 Å². The lowest BCUT2D eigenvalue weighted by Gasteiger charge is -2.13. The van der Waals surface area contributed by atoms with Gasteiger partial charge in [0.25, 0.3) is 0 Å². The van der Waals surface area contributed by atoms with Gasteiger partial charge >= 0.3 is 5.69 Å². The van der Waals surface area contributed by atoms with Crippen molar-refractivity contribution in [2.45, 2.75) is 12.6 Å². The number of aliphatic hydroxyl groups is 1. The van der Waals surface area contributed by atoms with Crippen LogP contribution < -0.4 is 5.69 Å². The highest BCUT2D eigenvalue weighted by Gasteiger charge is 2.27. The third-order valence-electron chi connectivity index (χ3n) is 4.94. The molecule has 2 atom stereocenters. The Bertz CT molecular complexity index is 1160. The SMILES string of the molecule is O=c1[nH]c2ncc(-c3cnc4[nH]ccc4c3)cc2n1C[C@@H]1COC[C@@H]1O. The zero-order valence-corrected chi connectivity index (χ0v) is 13.8. The van der Waals surface area contributed by atoms with E-state index in [0.717, 1.165) is 22.2 Å². The summed E-state index contributed by atoms with van der Waals surface area (Å²) in [6.07, 6.45) is 4.81. The number of aromatic amines is 2. The van der Waals surface area contributed by atoms with E-state index in [1.807, 2.05) is 24.4 Å². The summed E-state index contributed by atoms with van der Waals surface area (Å²) in [5.74, 6) is -0.103. The van der Waals surface area contributed by atoms with Crippen LogP contribution in [0.25, 0.3) is 33.3 Å². The molecule has 1 aliphatic rings. The first-order valence-corrected chi connectivity index (χ1v) is 8.47. The summed E-state index contributed by atoms with van der Waals surface area (Å²) in [6.45, 7) is 1.15. The summed E-state index contributed by atoms with van der Waals surface area (Å²) in [6, 6.07) is 5.93. The molecule has 0 aromatic carbocycles. The van der Waals surface area contributed by atoms with Crippen molar-refractivity contribution in [2.24, 2.45) is 5.92 Å². The van der Waals surface area contributed by atoms with E-state index < -0.39 is 6.10 Å². The molecule has 1 saturated heterocycles. The van der Waals surface area contributed by atoms with Crippen LogP contribution >= 0.6 is 0 Å². The predicted octanol–water partition coefficient (Wildman–Crippen LogP) is 1.28. The first kappa shape index (κ1) is 15.3. The van der Waals surface area contributed by atoms with Gasteiger partial charge in [-0.05, 0) is 18.2 Å². The number of imidazole rings is 1. The summed E-state index contributed by atoms with van der Waals surface area (Å²) >= 11 is 0. The van der Waals surface area contributed by atoms with E-state index in [-0.39, 0.29) is 11.6 Å². The van der Waals surface area contributed by atoms with Gasteiger partial charge < -0.3 is 14.8 Å². The molecule has 0 radical (unpaired) electrons. The number of pyridine rings is 2. The van der Waals surface area contributed by atoms with Gasteiger partial charge in [0.1, 0.15) is 5.65 Å². The number of hydrogen-bond donors (Lipinski definition) is 3. The van der Waals surface area contributed by atoms with E-state index in [1.165, 1.54) is 0 Å². The first-order chi connectivity index (χ1) is 12.7. The van der Waals surface area contributed by atoms with Crippen molar-refractivity contribution in [3.8, 4) is 11.1 Å². The molecule has 0 unspecified atom stereocenters. The molecule has 8 heteroatoms. The maximum Gasteiger partial charge on any atom is 0.327 e. The molecule has 0 aliphatic carbocycles. The van der Waals surface area contributed by atoms with E-state index in [4.69, 9.17) is 4.74 Å². The van der Waals surface area contributed by atoms with Crippen LogP contribution in [0.2, 0.25) is 0 Å². The van der Waals surface area contributed by atoms with Crippen LogP contribution in [0.3, 0.4) is 0 Å². The molecule has 3 N–H and O–H groups in total. The van der Waals surface area contributed by atoms with Crippen molar-refractivity contribution in [3.63, 3.8) is 0 Å². The first-order valence-electron chi connectivity index (χ1n) is 8.47. The van der Waals surface area contributed by atoms with Gasteiger partial charge in [-0.1, -0.05) is 0 Å². The molecule has 132 valence electrons. The van der Waals surface area contributed by atoms with Gasteiger partial charge in [0, 0.05) is 47.6 Å². The summed E-state index contributed by atoms with van der Waals surface area (Å²) in [5, 5.41) is 11.0. The number of aliphatic hydroxyl groups excluding tert-OH is 1. The van der Waals surface area contributed by atoms with Crippen molar-refractivity contribution in [1.82, 2.24) is 24.5 Å². The summed E-state index contributed by atoms with van der Waals surface area (Å²) < 4.78 is 6.92. The number of ether oxygens (including phenoxy) is 1. The van der Waals surface area contributed by atoms with Gasteiger partial charge in [-0.2, -0.15) is 0 Å². The summed E-state index contributed by atoms with van der Waals surface area (Å²) in [7, 11) is 0. The van der Waals surface area contributed by atoms with Gasteiger partial charge in [-0.25, -0.2) is 14.8 Å². The minimum Gasteiger partial charge on any atom is -0.390 e. The Morgan fingerprint density at radius 1 is 1.19 bits per heavy atom. The number of nitrogens with one attached hydrogen (secondary N) is 2. The van der Waals surface area contributed by atoms with Gasteiger partial charge in [0.2, 0.25) is 0 Å². The van der Waals surface area contributed by atoms with Crippen LogP contribution in [0.1, 0.15) is 0 Å². The largest absolute Gasteiger partial charge is 0.390 e. The quantitative estimate of drug-likeness (QED) is 0.515. The molecule has 4 aromatic heterocycles. The molecular weight excluding hydrogens is 334 g/mol. The number of H-pyrrole nitrogens is 2. The van der Waals surface area contributed by atoms with Crippen molar-refractivity contribution >= 4 is 22.2 Å². The summed E-state index contributed by atoms with van der Waals surface area (Å²) in [5.41, 5.74) is 3.64. The van der Waals surface area contributed by atoms with Crippen LogP contribution in [0.4, 0.5) is 0 Å². The van der Waals surface area contributed by atoms with Gasteiger partial charge in [0.15, 0.2) is 5.65 Å². The second-order valence-electron chi connectivity index (χ2n) is 6.64. The van der Waals surface area contributed by atoms with Crippen LogP contribution in [-0.4, -0.2) is 48.9 Å². The molecule has 1 fully saturated rings. The highest BCUT2D eigenvalue weighted by atomic mass is 16.5. The monoisotopic (exact) mass is 351 g/mol. The van der Waals surface area contributed by atoms with E-state index >= 15 is 0 Å². The Labute approximate surface area is 147 Å². The molecular formula is C18H17N5O3. The van der Waals surface area contributed by atoms with Crippen molar-refractivity contribution in [3.05, 3.63) is 47.3 Å². The predicted molar refractivity (Wildman–Crippen MR) is 95.8 cm³/mol. The lowest BCUT2D eigenvalue weighted by molar-refractivity contribution is 0.115. The molecule has 8 nitrogen and oxygen atoms in total. The number of hydrogen-bond acceptors (Lipinski definition) is 5. The third-order valence-corrected chi connectivity index (χ3v) is 4.94. The van der Waals surface area contributed by atoms with Gasteiger partial charge in [0.05, 0.1) is 24.8 Å². The second kappa shape index (κ2) is 5.79. The Morgan fingerprint density at radius 3 is 2.81 bits per heavy atom. The van der Waals surface area contributed by atoms with Gasteiger partial charge in [-0.3, -0.25) is 9.55 Å². The number of fused-ring (bicyclic) bond motifs is 2. The number of rotatable bonds is 3. The van der Waals surface area contributed by atoms with Crippen molar-refractivity contribution in [2.75, 3.05) is 13.2 Å². The molecule has 0 amide bonds. The lowest BCUT2D eigenvalue weighted by Crippen LogP contribution is -2.28. The molecule has 26 heavy (non-hydrogen) atoms. The normalized spacial score (nSPS) is 20.3. The van der Waals surface area contributed by atoms with Crippen LogP contribution in [0.5, 0.6) is 0 Å². The zero-order chi connectivity index (χ0) is 17.7. The average Bonchev–Trinajstić information content (AvgIpc) is 3.34. The molecule has 5 rings (SSSR count). The Kier molecular flexibility index (Phi) is 3.41. The van der Waals surface area contributed by atoms with Crippen molar-refractivity contribution in [1.29, 1.82) is 0 Å². The highest BCUT2D eigenvalue weighted by molar-refractivity contribution is 5.84. The third kappa shape index (κ3) is 2.42. The molecule has 1 aliphatic heterocycles. The van der Waals surface area contributed by atoms with E-state index in [0.29, 0.717) is 30.9 Å². The highest BCUT2D eigenvalue weighted by Crippen LogP contribution is 2.25. The molecule has 0 spiro atoms. The van der Waals surface area contributed by atoms with Crippen LogP contribution in [0.15, 0.2) is 41.6 Å². The maximum atomic E-state index is 12.3. The molecule has 4 aromatic rings. The zero-order valence-electron chi connectivity index (χ0n) is 13.8. The smallest absolute Gasteiger partial charge is 0.327 e. The number of nitrogens with zero attached hydrogens (tertiary/aromatic N) is 3. The fraction of sp³-hybridized carbons (Fsp3) is 0.278. The summed E-state index contributed by atoms with van der Waals surface area (Å²) in [4.78, 5) is 27.0. The Balaban J connectivity index is 1.59. The molecule has 0 bridgehead atoms. The minimum atomic E-state index is -0.553. The lowest BCUT2D eigenvalue weighted by atomic mass is 10.1. The fourth-order valence-electron chi connectivity index (χ4n) is 3.47. The number of aromatic nitrogens is 5. The topological polar surface area (TPSA) is 109 Å². The van der Waals surface area contributed by atoms with Crippen molar-refractivity contribution < 1.29 is 9.84 Å². The Morgan fingerprint density at radius 2 is 2.00 bits per heavy atom. The van der Waals surface area contributed by atoms with Crippen LogP contribution in [-0.2, 0) is 11.3 Å². The average molecular weight is 351 g/mol. The Hall–Kier alpha value is -2.97. The molecule has 5 heterocycles. The van der Waals surface area contributed by atoms with E-state index in [9.17, 15) is 9.90 Å². The maximum absolute atomic E-state index is 12.3. The second-order valence-corrected chi connectivity index (χ2v) is 6.64. The van der Waals surface area contributed by atoms with Crippen LogP contribution in [0, 0.1) is 5.92 Å². The van der Waals surface area contributed by atoms with E-state index in [1.54, 1.807) is 17.0 Å².